The van der Waals surface area contributed by atoms with Gasteiger partial charge in [-0.05, 0) is 31.0 Å². The molecular formula is C13H21ClN2O2S. The monoisotopic (exact) mass is 304 g/mol. The highest BCUT2D eigenvalue weighted by Crippen LogP contribution is 2.22. The van der Waals surface area contributed by atoms with Crippen molar-refractivity contribution in [2.75, 3.05) is 20.1 Å². The summed E-state index contributed by atoms with van der Waals surface area (Å²) in [6, 6.07) is 7.32. The van der Waals surface area contributed by atoms with E-state index in [1.54, 1.807) is 19.2 Å². The summed E-state index contributed by atoms with van der Waals surface area (Å²) in [6.45, 7) is 3.61. The maximum absolute atomic E-state index is 12.6. The predicted octanol–water partition coefficient (Wildman–Crippen LogP) is 1.65. The van der Waals surface area contributed by atoms with Crippen LogP contribution in [-0.4, -0.2) is 38.9 Å². The maximum Gasteiger partial charge on any atom is 0.243 e. The second-order valence-electron chi connectivity index (χ2n) is 4.63. The lowest BCUT2D eigenvalue weighted by Gasteiger charge is -2.24. The van der Waals surface area contributed by atoms with Crippen LogP contribution >= 0.6 is 12.4 Å². The average molecular weight is 305 g/mol. The summed E-state index contributed by atoms with van der Waals surface area (Å²) >= 11 is 0. The van der Waals surface area contributed by atoms with Gasteiger partial charge in [-0.2, -0.15) is 4.31 Å². The van der Waals surface area contributed by atoms with Gasteiger partial charge in [0.05, 0.1) is 4.90 Å². The number of hydrogen-bond donors (Lipinski definition) is 1. The van der Waals surface area contributed by atoms with Crippen molar-refractivity contribution in [3.8, 4) is 0 Å². The molecule has 0 aromatic heterocycles. The highest BCUT2D eigenvalue weighted by atomic mass is 35.5. The Balaban J connectivity index is 0.00000180. The fourth-order valence-corrected chi connectivity index (χ4v) is 4.03. The summed E-state index contributed by atoms with van der Waals surface area (Å²) in [5, 5.41) is 3.20. The van der Waals surface area contributed by atoms with Gasteiger partial charge >= 0.3 is 0 Å². The van der Waals surface area contributed by atoms with Crippen LogP contribution in [0.3, 0.4) is 0 Å². The number of halogens is 1. The summed E-state index contributed by atoms with van der Waals surface area (Å²) in [7, 11) is -1.69. The molecule has 4 nitrogen and oxygen atoms in total. The number of hydrogen-bond acceptors (Lipinski definition) is 3. The molecule has 0 radical (unpaired) electrons. The van der Waals surface area contributed by atoms with E-state index in [9.17, 15) is 8.42 Å². The van der Waals surface area contributed by atoms with Crippen LogP contribution in [0.4, 0.5) is 0 Å². The first-order valence-electron chi connectivity index (χ1n) is 6.34. The molecule has 1 unspecified atom stereocenters. The maximum atomic E-state index is 12.6. The minimum Gasteiger partial charge on any atom is -0.315 e. The molecule has 0 amide bonds. The van der Waals surface area contributed by atoms with Gasteiger partial charge in [-0.25, -0.2) is 8.42 Å². The van der Waals surface area contributed by atoms with Gasteiger partial charge in [0, 0.05) is 19.6 Å². The Hall–Kier alpha value is -0.620. The number of rotatable bonds is 4. The smallest absolute Gasteiger partial charge is 0.243 e. The van der Waals surface area contributed by atoms with Crippen molar-refractivity contribution in [1.29, 1.82) is 0 Å². The Morgan fingerprint density at radius 2 is 2.05 bits per heavy atom. The van der Waals surface area contributed by atoms with Crippen molar-refractivity contribution in [2.24, 2.45) is 0 Å². The van der Waals surface area contributed by atoms with E-state index < -0.39 is 10.0 Å². The van der Waals surface area contributed by atoms with E-state index in [-0.39, 0.29) is 18.4 Å². The van der Waals surface area contributed by atoms with Crippen LogP contribution < -0.4 is 5.32 Å². The van der Waals surface area contributed by atoms with E-state index in [0.29, 0.717) is 4.90 Å². The number of benzene rings is 1. The van der Waals surface area contributed by atoms with Crippen LogP contribution in [0.5, 0.6) is 0 Å². The van der Waals surface area contributed by atoms with Crippen molar-refractivity contribution in [1.82, 2.24) is 9.62 Å². The number of aryl methyl sites for hydroxylation is 1. The zero-order chi connectivity index (χ0) is 13.2. The molecule has 0 saturated carbocycles. The summed E-state index contributed by atoms with van der Waals surface area (Å²) in [6.07, 6.45) is 1.61. The molecule has 108 valence electrons. The molecule has 1 aromatic carbocycles. The van der Waals surface area contributed by atoms with Crippen molar-refractivity contribution in [3.05, 3.63) is 29.8 Å². The van der Waals surface area contributed by atoms with Gasteiger partial charge in [0.15, 0.2) is 0 Å². The van der Waals surface area contributed by atoms with Gasteiger partial charge in [-0.3, -0.25) is 0 Å². The Kier molecular flexibility index (Phi) is 5.80. The van der Waals surface area contributed by atoms with Crippen LogP contribution in [0.1, 0.15) is 18.9 Å². The zero-order valence-electron chi connectivity index (χ0n) is 11.3. The SMILES string of the molecule is CCc1ccccc1S(=O)(=O)N(C)C1CCNC1.Cl. The normalized spacial score (nSPS) is 19.4. The standard InChI is InChI=1S/C13H20N2O2S.ClH/c1-3-11-6-4-5-7-13(11)18(16,17)15(2)12-8-9-14-10-12;/h4-7,12,14H,3,8-10H2,1-2H3;1H. The van der Waals surface area contributed by atoms with Gasteiger partial charge in [0.2, 0.25) is 10.0 Å². The number of likely N-dealkylation sites (N-methyl/N-ethyl adjacent to an activating group) is 1. The third-order valence-electron chi connectivity index (χ3n) is 3.56. The van der Waals surface area contributed by atoms with Crippen molar-refractivity contribution >= 4 is 22.4 Å². The van der Waals surface area contributed by atoms with Gasteiger partial charge < -0.3 is 5.32 Å². The van der Waals surface area contributed by atoms with Crippen molar-refractivity contribution < 1.29 is 8.42 Å². The molecule has 0 spiro atoms. The number of nitrogens with zero attached hydrogens (tertiary/aromatic N) is 1. The Morgan fingerprint density at radius 1 is 1.37 bits per heavy atom. The van der Waals surface area contributed by atoms with E-state index in [1.807, 2.05) is 19.1 Å². The summed E-state index contributed by atoms with van der Waals surface area (Å²) in [5.74, 6) is 0. The molecule has 6 heteroatoms. The summed E-state index contributed by atoms with van der Waals surface area (Å²) < 4.78 is 26.7. The van der Waals surface area contributed by atoms with Crippen molar-refractivity contribution in [3.63, 3.8) is 0 Å². The molecule has 1 N–H and O–H groups in total. The molecule has 2 rings (SSSR count). The molecular weight excluding hydrogens is 284 g/mol. The number of sulfonamides is 1. The van der Waals surface area contributed by atoms with E-state index in [1.165, 1.54) is 4.31 Å². The minimum atomic E-state index is -3.37. The van der Waals surface area contributed by atoms with E-state index >= 15 is 0 Å². The summed E-state index contributed by atoms with van der Waals surface area (Å²) in [4.78, 5) is 0.446. The van der Waals surface area contributed by atoms with E-state index in [0.717, 1.165) is 31.5 Å². The molecule has 19 heavy (non-hydrogen) atoms. The molecule has 1 heterocycles. The first-order chi connectivity index (χ1) is 8.57. The lowest BCUT2D eigenvalue weighted by atomic mass is 10.2. The molecule has 1 aliphatic heterocycles. The third-order valence-corrected chi connectivity index (χ3v) is 5.57. The Bertz CT molecular complexity index is 513. The molecule has 1 atom stereocenters. The van der Waals surface area contributed by atoms with Crippen LogP contribution in [0, 0.1) is 0 Å². The third kappa shape index (κ3) is 3.28. The molecule has 0 bridgehead atoms. The van der Waals surface area contributed by atoms with Crippen LogP contribution in [-0.2, 0) is 16.4 Å². The Morgan fingerprint density at radius 3 is 2.63 bits per heavy atom. The van der Waals surface area contributed by atoms with Gasteiger partial charge in [-0.15, -0.1) is 12.4 Å². The molecule has 1 fully saturated rings. The first kappa shape index (κ1) is 16.4. The molecule has 0 aliphatic carbocycles. The Labute approximate surface area is 121 Å². The quantitative estimate of drug-likeness (QED) is 0.920. The number of nitrogens with one attached hydrogen (secondary N) is 1. The highest BCUT2D eigenvalue weighted by molar-refractivity contribution is 7.89. The summed E-state index contributed by atoms with van der Waals surface area (Å²) in [5.41, 5.74) is 0.885. The second-order valence-corrected chi connectivity index (χ2v) is 6.60. The largest absolute Gasteiger partial charge is 0.315 e. The minimum absolute atomic E-state index is 0. The van der Waals surface area contributed by atoms with Gasteiger partial charge in [-0.1, -0.05) is 25.1 Å². The zero-order valence-corrected chi connectivity index (χ0v) is 12.9. The molecule has 1 aliphatic rings. The highest BCUT2D eigenvalue weighted by Gasteiger charge is 2.30. The van der Waals surface area contributed by atoms with Crippen LogP contribution in [0.15, 0.2) is 29.2 Å². The average Bonchev–Trinajstić information content (AvgIpc) is 2.91. The first-order valence-corrected chi connectivity index (χ1v) is 7.78. The van der Waals surface area contributed by atoms with Gasteiger partial charge in [0.25, 0.3) is 0 Å². The fourth-order valence-electron chi connectivity index (χ4n) is 2.35. The molecule has 1 saturated heterocycles. The van der Waals surface area contributed by atoms with Crippen LogP contribution in [0.2, 0.25) is 0 Å². The predicted molar refractivity (Wildman–Crippen MR) is 79.3 cm³/mol. The topological polar surface area (TPSA) is 49.4 Å². The second kappa shape index (κ2) is 6.70. The van der Waals surface area contributed by atoms with Gasteiger partial charge in [0.1, 0.15) is 0 Å². The lowest BCUT2D eigenvalue weighted by molar-refractivity contribution is 0.387. The molecule has 1 aromatic rings. The van der Waals surface area contributed by atoms with Crippen LogP contribution in [0.25, 0.3) is 0 Å². The van der Waals surface area contributed by atoms with E-state index in [2.05, 4.69) is 5.32 Å². The van der Waals surface area contributed by atoms with Crippen molar-refractivity contribution in [2.45, 2.75) is 30.7 Å². The lowest BCUT2D eigenvalue weighted by Crippen LogP contribution is -2.38. The fraction of sp³-hybridized carbons (Fsp3) is 0.538. The van der Waals surface area contributed by atoms with E-state index in [4.69, 9.17) is 0 Å².